The van der Waals surface area contributed by atoms with Gasteiger partial charge in [0.05, 0.1) is 7.11 Å². The van der Waals surface area contributed by atoms with Crippen LogP contribution in [0.4, 0.5) is 5.69 Å². The van der Waals surface area contributed by atoms with Crippen molar-refractivity contribution in [3.63, 3.8) is 0 Å². The minimum absolute atomic E-state index is 0.630. The molecule has 1 aliphatic rings. The van der Waals surface area contributed by atoms with Crippen LogP contribution in [-0.2, 0) is 0 Å². The molecule has 0 bridgehead atoms. The van der Waals surface area contributed by atoms with E-state index in [9.17, 15) is 0 Å². The third kappa shape index (κ3) is 2.21. The second kappa shape index (κ2) is 5.06. The third-order valence-electron chi connectivity index (χ3n) is 3.22. The Morgan fingerprint density at radius 1 is 1.44 bits per heavy atom. The van der Waals surface area contributed by atoms with Gasteiger partial charge in [0.1, 0.15) is 5.75 Å². The van der Waals surface area contributed by atoms with E-state index in [1.165, 1.54) is 18.5 Å². The van der Waals surface area contributed by atoms with Gasteiger partial charge >= 0.3 is 0 Å². The maximum Gasteiger partial charge on any atom is 0.119 e. The first-order valence-electron chi connectivity index (χ1n) is 5.86. The minimum Gasteiger partial charge on any atom is -0.497 e. The average molecular weight is 217 g/mol. The topological polar surface area (TPSA) is 12.5 Å². The lowest BCUT2D eigenvalue weighted by molar-refractivity contribution is 0.415. The van der Waals surface area contributed by atoms with E-state index in [4.69, 9.17) is 4.74 Å². The highest BCUT2D eigenvalue weighted by Crippen LogP contribution is 2.28. The molecular weight excluding hydrogens is 198 g/mol. The Bertz CT molecular complexity index is 344. The summed E-state index contributed by atoms with van der Waals surface area (Å²) >= 11 is 0. The molecule has 86 valence electrons. The van der Waals surface area contributed by atoms with Gasteiger partial charge in [-0.25, -0.2) is 0 Å². The molecule has 0 aliphatic carbocycles. The number of anilines is 1. The molecule has 1 atom stereocenters. The van der Waals surface area contributed by atoms with Crippen molar-refractivity contribution in [2.45, 2.75) is 25.3 Å². The van der Waals surface area contributed by atoms with Gasteiger partial charge in [0.2, 0.25) is 0 Å². The van der Waals surface area contributed by atoms with Gasteiger partial charge in [-0.3, -0.25) is 0 Å². The van der Waals surface area contributed by atoms with Gasteiger partial charge in [0.15, 0.2) is 0 Å². The maximum atomic E-state index is 5.17. The van der Waals surface area contributed by atoms with Crippen LogP contribution < -0.4 is 9.64 Å². The molecule has 2 rings (SSSR count). The van der Waals surface area contributed by atoms with Gasteiger partial charge in [0.25, 0.3) is 0 Å². The van der Waals surface area contributed by atoms with Crippen molar-refractivity contribution in [1.29, 1.82) is 0 Å². The summed E-state index contributed by atoms with van der Waals surface area (Å²) in [6, 6.07) is 8.96. The summed E-state index contributed by atoms with van der Waals surface area (Å²) in [7, 11) is 1.70. The van der Waals surface area contributed by atoms with Crippen molar-refractivity contribution in [3.05, 3.63) is 36.9 Å². The Hall–Kier alpha value is -1.44. The zero-order valence-corrected chi connectivity index (χ0v) is 9.86. The molecular formula is C14H19NO. The second-order valence-electron chi connectivity index (χ2n) is 4.21. The maximum absolute atomic E-state index is 5.17. The van der Waals surface area contributed by atoms with Crippen LogP contribution in [0, 0.1) is 0 Å². The largest absolute Gasteiger partial charge is 0.497 e. The van der Waals surface area contributed by atoms with E-state index in [0.717, 1.165) is 18.7 Å². The molecule has 1 fully saturated rings. The predicted molar refractivity (Wildman–Crippen MR) is 68.2 cm³/mol. The monoisotopic (exact) mass is 217 g/mol. The summed E-state index contributed by atoms with van der Waals surface area (Å²) in [6.07, 6.45) is 5.65. The quantitative estimate of drug-likeness (QED) is 0.718. The lowest BCUT2D eigenvalue weighted by Crippen LogP contribution is -2.28. The summed E-state index contributed by atoms with van der Waals surface area (Å²) in [5.41, 5.74) is 1.30. The SMILES string of the molecule is C=CCC1CCCN1c1ccc(OC)cc1. The summed E-state index contributed by atoms with van der Waals surface area (Å²) in [6.45, 7) is 4.99. The molecule has 0 aromatic heterocycles. The molecule has 0 saturated carbocycles. The number of methoxy groups -OCH3 is 1. The molecule has 16 heavy (non-hydrogen) atoms. The average Bonchev–Trinajstić information content (AvgIpc) is 2.78. The summed E-state index contributed by atoms with van der Waals surface area (Å²) in [5, 5.41) is 0. The van der Waals surface area contributed by atoms with Crippen LogP contribution in [0.3, 0.4) is 0 Å². The van der Waals surface area contributed by atoms with Gasteiger partial charge in [-0.2, -0.15) is 0 Å². The first-order valence-corrected chi connectivity index (χ1v) is 5.86. The number of rotatable bonds is 4. The lowest BCUT2D eigenvalue weighted by atomic mass is 10.1. The number of nitrogens with zero attached hydrogens (tertiary/aromatic N) is 1. The van der Waals surface area contributed by atoms with Crippen molar-refractivity contribution >= 4 is 5.69 Å². The van der Waals surface area contributed by atoms with Crippen molar-refractivity contribution in [3.8, 4) is 5.75 Å². The zero-order valence-electron chi connectivity index (χ0n) is 9.86. The van der Waals surface area contributed by atoms with Crippen molar-refractivity contribution in [1.82, 2.24) is 0 Å². The molecule has 0 radical (unpaired) electrons. The Morgan fingerprint density at radius 3 is 2.81 bits per heavy atom. The van der Waals surface area contributed by atoms with Crippen LogP contribution >= 0.6 is 0 Å². The number of hydrogen-bond donors (Lipinski definition) is 0. The zero-order chi connectivity index (χ0) is 11.4. The van der Waals surface area contributed by atoms with Crippen molar-refractivity contribution in [2.24, 2.45) is 0 Å². The van der Waals surface area contributed by atoms with Gasteiger partial charge in [0, 0.05) is 18.3 Å². The summed E-state index contributed by atoms with van der Waals surface area (Å²) < 4.78 is 5.17. The van der Waals surface area contributed by atoms with E-state index in [1.807, 2.05) is 18.2 Å². The van der Waals surface area contributed by atoms with E-state index in [1.54, 1.807) is 7.11 Å². The molecule has 1 heterocycles. The fourth-order valence-corrected chi connectivity index (χ4v) is 2.39. The fraction of sp³-hybridized carbons (Fsp3) is 0.429. The molecule has 0 amide bonds. The number of ether oxygens (including phenoxy) is 1. The highest BCUT2D eigenvalue weighted by molar-refractivity contribution is 5.50. The van der Waals surface area contributed by atoms with Crippen molar-refractivity contribution < 1.29 is 4.74 Å². The molecule has 0 N–H and O–H groups in total. The Labute approximate surface area is 97.5 Å². The molecule has 1 unspecified atom stereocenters. The first-order chi connectivity index (χ1) is 7.85. The molecule has 0 spiro atoms. The number of hydrogen-bond acceptors (Lipinski definition) is 2. The minimum atomic E-state index is 0.630. The van der Waals surface area contributed by atoms with Gasteiger partial charge in [-0.15, -0.1) is 6.58 Å². The van der Waals surface area contributed by atoms with E-state index in [-0.39, 0.29) is 0 Å². The first kappa shape index (κ1) is 11.1. The van der Waals surface area contributed by atoms with Crippen LogP contribution in [0.15, 0.2) is 36.9 Å². The smallest absolute Gasteiger partial charge is 0.119 e. The van der Waals surface area contributed by atoms with Crippen LogP contribution in [0.2, 0.25) is 0 Å². The highest BCUT2D eigenvalue weighted by Gasteiger charge is 2.23. The highest BCUT2D eigenvalue weighted by atomic mass is 16.5. The van der Waals surface area contributed by atoms with E-state index in [0.29, 0.717) is 6.04 Å². The van der Waals surface area contributed by atoms with Crippen LogP contribution in [0.25, 0.3) is 0 Å². The third-order valence-corrected chi connectivity index (χ3v) is 3.22. The standard InChI is InChI=1S/C14H19NO/c1-3-5-12-6-4-11-15(12)13-7-9-14(16-2)10-8-13/h3,7-10,12H,1,4-6,11H2,2H3. The van der Waals surface area contributed by atoms with Crippen LogP contribution in [0.5, 0.6) is 5.75 Å². The predicted octanol–water partition coefficient (Wildman–Crippen LogP) is 3.24. The van der Waals surface area contributed by atoms with Crippen LogP contribution in [0.1, 0.15) is 19.3 Å². The Kier molecular flexibility index (Phi) is 3.50. The van der Waals surface area contributed by atoms with Crippen molar-refractivity contribution in [2.75, 3.05) is 18.6 Å². The van der Waals surface area contributed by atoms with Gasteiger partial charge in [-0.1, -0.05) is 6.08 Å². The van der Waals surface area contributed by atoms with E-state index < -0.39 is 0 Å². The lowest BCUT2D eigenvalue weighted by Gasteiger charge is -2.26. The fourth-order valence-electron chi connectivity index (χ4n) is 2.39. The molecule has 1 aliphatic heterocycles. The summed E-state index contributed by atoms with van der Waals surface area (Å²) in [4.78, 5) is 2.47. The number of benzene rings is 1. The normalized spacial score (nSPS) is 19.8. The molecule has 1 aromatic carbocycles. The molecule has 2 heteroatoms. The Balaban J connectivity index is 2.12. The Morgan fingerprint density at radius 2 is 2.19 bits per heavy atom. The van der Waals surface area contributed by atoms with E-state index in [2.05, 4.69) is 23.6 Å². The summed E-state index contributed by atoms with van der Waals surface area (Å²) in [5.74, 6) is 0.920. The molecule has 2 nitrogen and oxygen atoms in total. The van der Waals surface area contributed by atoms with Crippen LogP contribution in [-0.4, -0.2) is 19.7 Å². The molecule has 1 saturated heterocycles. The second-order valence-corrected chi connectivity index (χ2v) is 4.21. The van der Waals surface area contributed by atoms with Gasteiger partial charge < -0.3 is 9.64 Å². The van der Waals surface area contributed by atoms with E-state index >= 15 is 0 Å². The molecule has 1 aromatic rings. The van der Waals surface area contributed by atoms with Gasteiger partial charge in [-0.05, 0) is 43.5 Å².